The van der Waals surface area contributed by atoms with Crippen LogP contribution in [0.5, 0.6) is 0 Å². The molecule has 6 nitrogen and oxygen atoms in total. The first-order chi connectivity index (χ1) is 8.72. The lowest BCUT2D eigenvalue weighted by atomic mass is 10.1. The molecule has 100 valence electrons. The summed E-state index contributed by atoms with van der Waals surface area (Å²) in [7, 11) is 0. The van der Waals surface area contributed by atoms with Gasteiger partial charge in [0.15, 0.2) is 5.69 Å². The molecule has 1 aliphatic heterocycles. The third-order valence-electron chi connectivity index (χ3n) is 3.20. The monoisotopic (exact) mass is 252 g/mol. The van der Waals surface area contributed by atoms with Crippen molar-refractivity contribution in [1.29, 1.82) is 0 Å². The first kappa shape index (κ1) is 13.0. The van der Waals surface area contributed by atoms with Gasteiger partial charge in [0.2, 0.25) is 0 Å². The first-order valence-electron chi connectivity index (χ1n) is 6.46. The predicted octanol–water partition coefficient (Wildman–Crippen LogP) is 1.00. The maximum atomic E-state index is 12.2. The predicted molar refractivity (Wildman–Crippen MR) is 66.2 cm³/mol. The smallest absolute Gasteiger partial charge is 0.276 e. The van der Waals surface area contributed by atoms with Crippen molar-refractivity contribution in [3.05, 3.63) is 11.4 Å². The van der Waals surface area contributed by atoms with Crippen molar-refractivity contribution in [3.63, 3.8) is 0 Å². The second-order valence-corrected chi connectivity index (χ2v) is 4.74. The van der Waals surface area contributed by atoms with E-state index >= 15 is 0 Å². The summed E-state index contributed by atoms with van der Waals surface area (Å²) in [4.78, 5) is 14.0. The number of ether oxygens (including phenoxy) is 1. The number of hydrogen-bond donors (Lipinski definition) is 1. The molecule has 18 heavy (non-hydrogen) atoms. The molecule has 0 radical (unpaired) electrons. The van der Waals surface area contributed by atoms with Crippen LogP contribution in [0.1, 0.15) is 35.9 Å². The molecule has 1 N–H and O–H groups in total. The fourth-order valence-corrected chi connectivity index (χ4v) is 2.18. The molecule has 1 aromatic rings. The first-order valence-corrected chi connectivity index (χ1v) is 6.46. The highest BCUT2D eigenvalue weighted by atomic mass is 16.5. The molecule has 2 rings (SSSR count). The second kappa shape index (κ2) is 5.95. The second-order valence-electron chi connectivity index (χ2n) is 4.74. The molecule has 0 aliphatic carbocycles. The van der Waals surface area contributed by atoms with Crippen LogP contribution in [0.3, 0.4) is 0 Å². The van der Waals surface area contributed by atoms with Crippen molar-refractivity contribution in [3.8, 4) is 0 Å². The molecule has 1 amide bonds. The van der Waals surface area contributed by atoms with Gasteiger partial charge in [-0.15, -0.1) is 0 Å². The van der Waals surface area contributed by atoms with Crippen molar-refractivity contribution in [2.45, 2.75) is 26.7 Å². The molecule has 0 saturated carbocycles. The number of amides is 1. The van der Waals surface area contributed by atoms with Crippen LogP contribution in [0.4, 0.5) is 0 Å². The van der Waals surface area contributed by atoms with Crippen LogP contribution < -0.4 is 0 Å². The lowest BCUT2D eigenvalue weighted by Crippen LogP contribution is -2.30. The fraction of sp³-hybridized carbons (Fsp3) is 0.750. The van der Waals surface area contributed by atoms with Crippen molar-refractivity contribution < 1.29 is 9.53 Å². The molecule has 0 unspecified atom stereocenters. The lowest BCUT2D eigenvalue weighted by Gasteiger charge is -2.15. The third kappa shape index (κ3) is 2.87. The standard InChI is InChI=1S/C12H20N4O2/c1-3-6-18-8-10-4-5-16(7-10)12(17)11-9(2)13-15-14-11/h10H,3-8H2,1-2H3,(H,13,14,15)/t10-/m0/s1. The Morgan fingerprint density at radius 2 is 2.39 bits per heavy atom. The number of likely N-dealkylation sites (tertiary alicyclic amines) is 1. The summed E-state index contributed by atoms with van der Waals surface area (Å²) in [6.45, 7) is 6.97. The third-order valence-corrected chi connectivity index (χ3v) is 3.20. The average Bonchev–Trinajstić information content (AvgIpc) is 2.98. The van der Waals surface area contributed by atoms with E-state index < -0.39 is 0 Å². The Balaban J connectivity index is 1.85. The molecular weight excluding hydrogens is 232 g/mol. The van der Waals surface area contributed by atoms with E-state index in [-0.39, 0.29) is 5.91 Å². The minimum Gasteiger partial charge on any atom is -0.381 e. The Kier molecular flexibility index (Phi) is 4.30. The highest BCUT2D eigenvalue weighted by molar-refractivity contribution is 5.93. The summed E-state index contributed by atoms with van der Waals surface area (Å²) in [5.74, 6) is 0.423. The van der Waals surface area contributed by atoms with Gasteiger partial charge >= 0.3 is 0 Å². The Hall–Kier alpha value is -1.43. The molecule has 1 aromatic heterocycles. The number of carbonyl (C=O) groups excluding carboxylic acids is 1. The molecule has 1 fully saturated rings. The van der Waals surface area contributed by atoms with Gasteiger partial charge in [-0.25, -0.2) is 0 Å². The van der Waals surface area contributed by atoms with Crippen molar-refractivity contribution in [2.75, 3.05) is 26.3 Å². The van der Waals surface area contributed by atoms with E-state index in [1.165, 1.54) is 0 Å². The minimum atomic E-state index is -0.0285. The molecule has 1 aliphatic rings. The van der Waals surface area contributed by atoms with E-state index in [4.69, 9.17) is 4.74 Å². The van der Waals surface area contributed by atoms with Crippen LogP contribution in [-0.4, -0.2) is 52.5 Å². The number of hydrogen-bond acceptors (Lipinski definition) is 4. The van der Waals surface area contributed by atoms with Gasteiger partial charge in [0.25, 0.3) is 5.91 Å². The zero-order chi connectivity index (χ0) is 13.0. The number of nitrogens with one attached hydrogen (secondary N) is 1. The molecule has 0 spiro atoms. The normalized spacial score (nSPS) is 19.4. The number of carbonyl (C=O) groups is 1. The van der Waals surface area contributed by atoms with Crippen LogP contribution in [-0.2, 0) is 4.74 Å². The summed E-state index contributed by atoms with van der Waals surface area (Å²) in [6, 6.07) is 0. The summed E-state index contributed by atoms with van der Waals surface area (Å²) in [5.41, 5.74) is 1.09. The van der Waals surface area contributed by atoms with Gasteiger partial charge in [0.05, 0.1) is 12.3 Å². The maximum absolute atomic E-state index is 12.2. The number of H-pyrrole nitrogens is 1. The van der Waals surface area contributed by atoms with Gasteiger partial charge in [0.1, 0.15) is 0 Å². The van der Waals surface area contributed by atoms with Gasteiger partial charge < -0.3 is 9.64 Å². The highest BCUT2D eigenvalue weighted by Crippen LogP contribution is 2.19. The largest absolute Gasteiger partial charge is 0.381 e. The number of aromatic amines is 1. The van der Waals surface area contributed by atoms with E-state index in [0.717, 1.165) is 39.1 Å². The SMILES string of the molecule is CCCOC[C@H]1CCN(C(=O)c2n[nH]nc2C)C1. The Bertz CT molecular complexity index is 405. The summed E-state index contributed by atoms with van der Waals surface area (Å²) in [6.07, 6.45) is 2.04. The van der Waals surface area contributed by atoms with Crippen molar-refractivity contribution in [1.82, 2.24) is 20.3 Å². The van der Waals surface area contributed by atoms with E-state index in [9.17, 15) is 4.79 Å². The van der Waals surface area contributed by atoms with E-state index in [1.807, 2.05) is 4.90 Å². The van der Waals surface area contributed by atoms with Crippen LogP contribution in [0.25, 0.3) is 0 Å². The molecule has 2 heterocycles. The minimum absolute atomic E-state index is 0.0285. The molecule has 1 atom stereocenters. The quantitative estimate of drug-likeness (QED) is 0.794. The van der Waals surface area contributed by atoms with Gasteiger partial charge in [0, 0.05) is 25.6 Å². The van der Waals surface area contributed by atoms with Crippen LogP contribution >= 0.6 is 0 Å². The molecule has 0 aromatic carbocycles. The van der Waals surface area contributed by atoms with Gasteiger partial charge in [-0.3, -0.25) is 4.79 Å². The number of aromatic nitrogens is 3. The van der Waals surface area contributed by atoms with Crippen LogP contribution in [0.15, 0.2) is 0 Å². The summed E-state index contributed by atoms with van der Waals surface area (Å²) < 4.78 is 5.54. The van der Waals surface area contributed by atoms with Gasteiger partial charge in [-0.1, -0.05) is 6.92 Å². The van der Waals surface area contributed by atoms with E-state index in [1.54, 1.807) is 6.92 Å². The van der Waals surface area contributed by atoms with Crippen molar-refractivity contribution in [2.24, 2.45) is 5.92 Å². The van der Waals surface area contributed by atoms with E-state index in [2.05, 4.69) is 22.3 Å². The number of rotatable bonds is 5. The van der Waals surface area contributed by atoms with Gasteiger partial charge in [-0.05, 0) is 19.8 Å². The topological polar surface area (TPSA) is 71.1 Å². The van der Waals surface area contributed by atoms with Gasteiger partial charge in [-0.2, -0.15) is 15.4 Å². The molecule has 6 heteroatoms. The molecule has 0 bridgehead atoms. The zero-order valence-electron chi connectivity index (χ0n) is 11.0. The van der Waals surface area contributed by atoms with Crippen molar-refractivity contribution >= 4 is 5.91 Å². The highest BCUT2D eigenvalue weighted by Gasteiger charge is 2.29. The number of nitrogens with zero attached hydrogens (tertiary/aromatic N) is 3. The number of aryl methyl sites for hydroxylation is 1. The van der Waals surface area contributed by atoms with Crippen LogP contribution in [0, 0.1) is 12.8 Å². The summed E-state index contributed by atoms with van der Waals surface area (Å²) in [5, 5.41) is 10.3. The Labute approximate surface area is 107 Å². The zero-order valence-corrected chi connectivity index (χ0v) is 11.0. The Morgan fingerprint density at radius 1 is 1.56 bits per heavy atom. The van der Waals surface area contributed by atoms with Crippen LogP contribution in [0.2, 0.25) is 0 Å². The average molecular weight is 252 g/mol. The van der Waals surface area contributed by atoms with E-state index in [0.29, 0.717) is 17.3 Å². The molecular formula is C12H20N4O2. The molecule has 1 saturated heterocycles. The Morgan fingerprint density at radius 3 is 3.06 bits per heavy atom. The maximum Gasteiger partial charge on any atom is 0.276 e. The fourth-order valence-electron chi connectivity index (χ4n) is 2.18. The lowest BCUT2D eigenvalue weighted by molar-refractivity contribution is 0.0748. The summed E-state index contributed by atoms with van der Waals surface area (Å²) >= 11 is 0.